The predicted molar refractivity (Wildman–Crippen MR) is 108 cm³/mol. The maximum absolute atomic E-state index is 12.4. The summed E-state index contributed by atoms with van der Waals surface area (Å²) in [6, 6.07) is 17.0. The van der Waals surface area contributed by atoms with Crippen LogP contribution in [0.15, 0.2) is 48.5 Å². The number of thiazole rings is 1. The second-order valence-electron chi connectivity index (χ2n) is 7.36. The van der Waals surface area contributed by atoms with Gasteiger partial charge in [-0.15, -0.1) is 11.3 Å². The summed E-state index contributed by atoms with van der Waals surface area (Å²) in [6.07, 6.45) is 5.02. The second-order valence-corrected chi connectivity index (χ2v) is 8.47. The number of benzene rings is 2. The molecule has 3 nitrogen and oxygen atoms in total. The summed E-state index contributed by atoms with van der Waals surface area (Å²) in [5.41, 5.74) is 3.37. The molecule has 1 aromatic heterocycles. The van der Waals surface area contributed by atoms with Gasteiger partial charge in [0.2, 0.25) is 5.91 Å². The van der Waals surface area contributed by atoms with Crippen molar-refractivity contribution >= 4 is 27.5 Å². The lowest BCUT2D eigenvalue weighted by Gasteiger charge is -2.26. The smallest absolute Gasteiger partial charge is 0.227 e. The van der Waals surface area contributed by atoms with Crippen molar-refractivity contribution in [2.24, 2.45) is 5.92 Å². The molecule has 0 bridgehead atoms. The highest BCUT2D eigenvalue weighted by Crippen LogP contribution is 2.29. The van der Waals surface area contributed by atoms with Crippen molar-refractivity contribution in [1.29, 1.82) is 0 Å². The lowest BCUT2D eigenvalue weighted by molar-refractivity contribution is -0.121. The quantitative estimate of drug-likeness (QED) is 0.691. The minimum absolute atomic E-state index is 0.104. The van der Waals surface area contributed by atoms with Crippen LogP contribution in [0.2, 0.25) is 0 Å². The molecule has 0 atom stereocenters. The van der Waals surface area contributed by atoms with Crippen LogP contribution in [0.3, 0.4) is 0 Å². The van der Waals surface area contributed by atoms with Gasteiger partial charge < -0.3 is 5.32 Å². The Bertz CT molecular complexity index is 895. The van der Waals surface area contributed by atoms with Gasteiger partial charge >= 0.3 is 0 Å². The Morgan fingerprint density at radius 1 is 1.08 bits per heavy atom. The molecule has 1 N–H and O–H groups in total. The van der Waals surface area contributed by atoms with Crippen molar-refractivity contribution in [3.05, 3.63) is 53.5 Å². The first-order chi connectivity index (χ1) is 12.7. The monoisotopic (exact) mass is 364 g/mol. The largest absolute Gasteiger partial charge is 0.353 e. The molecule has 0 radical (unpaired) electrons. The van der Waals surface area contributed by atoms with E-state index in [0.717, 1.165) is 34.0 Å². The van der Waals surface area contributed by atoms with E-state index in [0.29, 0.717) is 12.5 Å². The maximum Gasteiger partial charge on any atom is 0.227 e. The minimum Gasteiger partial charge on any atom is -0.353 e. The first kappa shape index (κ1) is 17.2. The average Bonchev–Trinajstić information content (AvgIpc) is 3.05. The normalized spacial score (nSPS) is 20.2. The Hall–Kier alpha value is -2.20. The predicted octanol–water partition coefficient (Wildman–Crippen LogP) is 5.20. The fourth-order valence-corrected chi connectivity index (χ4v) is 4.68. The number of hydrogen-bond donors (Lipinski definition) is 1. The summed E-state index contributed by atoms with van der Waals surface area (Å²) in [4.78, 5) is 17.0. The third kappa shape index (κ3) is 3.96. The first-order valence-electron chi connectivity index (χ1n) is 9.41. The van der Waals surface area contributed by atoms with Gasteiger partial charge in [-0.1, -0.05) is 43.3 Å². The van der Waals surface area contributed by atoms with Crippen molar-refractivity contribution < 1.29 is 4.79 Å². The van der Waals surface area contributed by atoms with E-state index in [1.807, 2.05) is 18.2 Å². The molecule has 26 heavy (non-hydrogen) atoms. The first-order valence-corrected chi connectivity index (χ1v) is 10.2. The zero-order chi connectivity index (χ0) is 17.9. The van der Waals surface area contributed by atoms with Crippen LogP contribution in [0.4, 0.5) is 0 Å². The molecule has 0 spiro atoms. The average molecular weight is 365 g/mol. The Labute approximate surface area is 158 Å². The van der Waals surface area contributed by atoms with Gasteiger partial charge in [-0.25, -0.2) is 4.98 Å². The molecular weight excluding hydrogens is 340 g/mol. The molecule has 1 aliphatic rings. The van der Waals surface area contributed by atoms with Crippen LogP contribution in [0.1, 0.15) is 37.6 Å². The fraction of sp³-hybridized carbons (Fsp3) is 0.364. The SMILES string of the molecule is CC1CCC(NC(=O)Cc2nc3ccc(-c4ccccc4)cc3s2)CC1. The van der Waals surface area contributed by atoms with Crippen molar-refractivity contribution in [2.75, 3.05) is 0 Å². The number of nitrogens with zero attached hydrogens (tertiary/aromatic N) is 1. The van der Waals surface area contributed by atoms with E-state index in [2.05, 4.69) is 47.6 Å². The molecule has 4 rings (SSSR count). The van der Waals surface area contributed by atoms with Gasteiger partial charge in [0, 0.05) is 6.04 Å². The van der Waals surface area contributed by atoms with Gasteiger partial charge in [0.05, 0.1) is 16.6 Å². The van der Waals surface area contributed by atoms with Crippen molar-refractivity contribution in [1.82, 2.24) is 10.3 Å². The maximum atomic E-state index is 12.4. The number of fused-ring (bicyclic) bond motifs is 1. The third-order valence-electron chi connectivity index (χ3n) is 5.23. The topological polar surface area (TPSA) is 42.0 Å². The summed E-state index contributed by atoms with van der Waals surface area (Å²) in [6.45, 7) is 2.29. The number of nitrogens with one attached hydrogen (secondary N) is 1. The highest BCUT2D eigenvalue weighted by Gasteiger charge is 2.20. The number of amides is 1. The third-order valence-corrected chi connectivity index (χ3v) is 6.25. The highest BCUT2D eigenvalue weighted by atomic mass is 32.1. The van der Waals surface area contributed by atoms with Gasteiger partial charge in [-0.2, -0.15) is 0 Å². The summed E-state index contributed by atoms with van der Waals surface area (Å²) >= 11 is 1.62. The number of carbonyl (C=O) groups is 1. The zero-order valence-corrected chi connectivity index (χ0v) is 15.9. The van der Waals surface area contributed by atoms with E-state index in [-0.39, 0.29) is 5.91 Å². The second kappa shape index (κ2) is 7.58. The molecule has 1 saturated carbocycles. The number of aromatic nitrogens is 1. The Morgan fingerprint density at radius 2 is 1.85 bits per heavy atom. The molecule has 0 aliphatic heterocycles. The summed E-state index contributed by atoms with van der Waals surface area (Å²) in [7, 11) is 0. The lowest BCUT2D eigenvalue weighted by atomic mass is 9.87. The van der Waals surface area contributed by atoms with E-state index in [1.165, 1.54) is 24.0 Å². The van der Waals surface area contributed by atoms with E-state index in [4.69, 9.17) is 0 Å². The van der Waals surface area contributed by atoms with Gasteiger partial charge in [-0.3, -0.25) is 4.79 Å². The standard InChI is InChI=1S/C22H24N2OS/c1-15-7-10-18(11-8-15)23-21(25)14-22-24-19-12-9-17(13-20(19)26-22)16-5-3-2-4-6-16/h2-6,9,12-13,15,18H,7-8,10-11,14H2,1H3,(H,23,25). The van der Waals surface area contributed by atoms with Crippen LogP contribution in [-0.4, -0.2) is 16.9 Å². The van der Waals surface area contributed by atoms with Crippen LogP contribution in [0.25, 0.3) is 21.3 Å². The van der Waals surface area contributed by atoms with E-state index < -0.39 is 0 Å². The van der Waals surface area contributed by atoms with E-state index in [1.54, 1.807) is 11.3 Å². The molecule has 3 aromatic rings. The molecule has 2 aromatic carbocycles. The summed E-state index contributed by atoms with van der Waals surface area (Å²) in [5.74, 6) is 0.901. The molecule has 1 heterocycles. The van der Waals surface area contributed by atoms with Crippen molar-refractivity contribution in [3.8, 4) is 11.1 Å². The molecule has 134 valence electrons. The van der Waals surface area contributed by atoms with Gasteiger partial charge in [0.25, 0.3) is 0 Å². The van der Waals surface area contributed by atoms with Crippen LogP contribution < -0.4 is 5.32 Å². The molecule has 4 heteroatoms. The molecule has 1 aliphatic carbocycles. The van der Waals surface area contributed by atoms with Gasteiger partial charge in [-0.05, 0) is 54.9 Å². The van der Waals surface area contributed by atoms with Crippen molar-refractivity contribution in [3.63, 3.8) is 0 Å². The van der Waals surface area contributed by atoms with Gasteiger partial charge in [0.15, 0.2) is 0 Å². The zero-order valence-electron chi connectivity index (χ0n) is 15.1. The summed E-state index contributed by atoms with van der Waals surface area (Å²) < 4.78 is 1.14. The lowest BCUT2D eigenvalue weighted by Crippen LogP contribution is -2.38. The van der Waals surface area contributed by atoms with Crippen LogP contribution in [0, 0.1) is 5.92 Å². The molecule has 1 fully saturated rings. The van der Waals surface area contributed by atoms with Crippen LogP contribution >= 0.6 is 11.3 Å². The van der Waals surface area contributed by atoms with Gasteiger partial charge in [0.1, 0.15) is 5.01 Å². The van der Waals surface area contributed by atoms with Crippen molar-refractivity contribution in [2.45, 2.75) is 45.1 Å². The Morgan fingerprint density at radius 3 is 2.62 bits per heavy atom. The van der Waals surface area contributed by atoms with E-state index in [9.17, 15) is 4.79 Å². The molecule has 1 amide bonds. The Kier molecular flexibility index (Phi) is 5.02. The fourth-order valence-electron chi connectivity index (χ4n) is 3.68. The van der Waals surface area contributed by atoms with Crippen LogP contribution in [-0.2, 0) is 11.2 Å². The minimum atomic E-state index is 0.104. The highest BCUT2D eigenvalue weighted by molar-refractivity contribution is 7.18. The summed E-state index contributed by atoms with van der Waals surface area (Å²) in [5, 5.41) is 4.09. The number of rotatable bonds is 4. The molecular formula is C22H24N2OS. The van der Waals surface area contributed by atoms with E-state index >= 15 is 0 Å². The number of carbonyl (C=O) groups excluding carboxylic acids is 1. The molecule has 0 saturated heterocycles. The molecule has 0 unspecified atom stereocenters. The number of hydrogen-bond acceptors (Lipinski definition) is 3. The van der Waals surface area contributed by atoms with Crippen LogP contribution in [0.5, 0.6) is 0 Å². The Balaban J connectivity index is 1.45.